The molecule has 2 aromatic carbocycles. The Kier molecular flexibility index (Phi) is 4.81. The van der Waals surface area contributed by atoms with Gasteiger partial charge in [0.1, 0.15) is 5.82 Å². The summed E-state index contributed by atoms with van der Waals surface area (Å²) in [5.41, 5.74) is 5.87. The quantitative estimate of drug-likeness (QED) is 0.495. The molecule has 7 nitrogen and oxygen atoms in total. The second-order valence-electron chi connectivity index (χ2n) is 8.85. The van der Waals surface area contributed by atoms with Crippen molar-refractivity contribution < 1.29 is 9.59 Å². The first-order chi connectivity index (χ1) is 15.4. The first-order valence-corrected chi connectivity index (χ1v) is 10.7. The fraction of sp³-hybridized carbons (Fsp3) is 0.240. The average Bonchev–Trinajstić information content (AvgIpc) is 3.14. The van der Waals surface area contributed by atoms with Crippen LogP contribution >= 0.6 is 0 Å². The van der Waals surface area contributed by atoms with Crippen LogP contribution in [0.1, 0.15) is 52.1 Å². The molecule has 2 amide bonds. The number of benzene rings is 2. The van der Waals surface area contributed by atoms with E-state index in [1.54, 1.807) is 24.4 Å². The number of nitrogens with one attached hydrogen (secondary N) is 4. The largest absolute Gasteiger partial charge is 0.385 e. The van der Waals surface area contributed by atoms with Crippen LogP contribution in [-0.2, 0) is 12.0 Å². The number of hydrogen-bond donors (Lipinski definition) is 4. The number of amides is 2. The second kappa shape index (κ2) is 7.67. The van der Waals surface area contributed by atoms with Crippen molar-refractivity contribution in [2.75, 3.05) is 22.5 Å². The summed E-state index contributed by atoms with van der Waals surface area (Å²) in [6, 6.07) is 15.0. The minimum Gasteiger partial charge on any atom is -0.385 e. The van der Waals surface area contributed by atoms with Crippen molar-refractivity contribution in [3.05, 3.63) is 77.0 Å². The number of aromatic nitrogens is 1. The van der Waals surface area contributed by atoms with Crippen molar-refractivity contribution in [2.45, 2.75) is 32.2 Å². The van der Waals surface area contributed by atoms with Crippen molar-refractivity contribution in [1.82, 2.24) is 10.3 Å². The predicted molar refractivity (Wildman–Crippen MR) is 126 cm³/mol. The Bertz CT molecular complexity index is 1230. The highest BCUT2D eigenvalue weighted by atomic mass is 16.2. The molecule has 0 spiro atoms. The highest BCUT2D eigenvalue weighted by Crippen LogP contribution is 2.38. The molecular weight excluding hydrogens is 402 g/mol. The van der Waals surface area contributed by atoms with E-state index in [2.05, 4.69) is 46.2 Å². The maximum atomic E-state index is 13.1. The first-order valence-electron chi connectivity index (χ1n) is 10.7. The summed E-state index contributed by atoms with van der Waals surface area (Å²) in [5, 5.41) is 12.4. The smallest absolute Gasteiger partial charge is 0.259 e. The van der Waals surface area contributed by atoms with E-state index in [-0.39, 0.29) is 17.2 Å². The third kappa shape index (κ3) is 3.66. The van der Waals surface area contributed by atoms with Crippen LogP contribution in [0.3, 0.4) is 0 Å². The van der Waals surface area contributed by atoms with Crippen molar-refractivity contribution in [2.24, 2.45) is 0 Å². The highest BCUT2D eigenvalue weighted by Gasteiger charge is 2.27. The van der Waals surface area contributed by atoms with Crippen molar-refractivity contribution in [1.29, 1.82) is 0 Å². The van der Waals surface area contributed by atoms with E-state index in [0.29, 0.717) is 29.2 Å². The van der Waals surface area contributed by atoms with E-state index in [0.717, 1.165) is 29.9 Å². The van der Waals surface area contributed by atoms with Gasteiger partial charge in [0.15, 0.2) is 0 Å². The molecule has 162 valence electrons. The van der Waals surface area contributed by atoms with E-state index < -0.39 is 0 Å². The zero-order valence-corrected chi connectivity index (χ0v) is 18.1. The number of fused-ring (bicyclic) bond motifs is 2. The van der Waals surface area contributed by atoms with E-state index in [9.17, 15) is 9.59 Å². The number of hydrogen-bond acceptors (Lipinski definition) is 5. The standard InChI is InChI=1S/C25H25N5O2/c1-25(2)9-11-26-21-13-17(7-8-20(21)25)30-24(32)18-4-3-10-27-22(18)29-16-6-5-15-14-28-23(31)19(15)12-16/h3-8,10,12-13,26H,9,11,14H2,1-2H3,(H,27,29)(H,28,31)(H,30,32). The number of anilines is 4. The van der Waals surface area contributed by atoms with Crippen LogP contribution in [0, 0.1) is 0 Å². The average molecular weight is 428 g/mol. The lowest BCUT2D eigenvalue weighted by molar-refractivity contribution is 0.0964. The minimum atomic E-state index is -0.255. The summed E-state index contributed by atoms with van der Waals surface area (Å²) in [4.78, 5) is 29.4. The van der Waals surface area contributed by atoms with Gasteiger partial charge < -0.3 is 21.3 Å². The number of pyridine rings is 1. The van der Waals surface area contributed by atoms with Gasteiger partial charge in [0.05, 0.1) is 5.56 Å². The van der Waals surface area contributed by atoms with Gasteiger partial charge in [0.25, 0.3) is 11.8 Å². The Morgan fingerprint density at radius 1 is 1.06 bits per heavy atom. The lowest BCUT2D eigenvalue weighted by atomic mass is 9.78. The van der Waals surface area contributed by atoms with Gasteiger partial charge >= 0.3 is 0 Å². The Hall–Kier alpha value is -3.87. The number of rotatable bonds is 4. The number of nitrogens with zero attached hydrogens (tertiary/aromatic N) is 1. The molecule has 32 heavy (non-hydrogen) atoms. The van der Waals surface area contributed by atoms with Gasteiger partial charge in [-0.1, -0.05) is 26.0 Å². The molecule has 2 aliphatic heterocycles. The molecule has 2 aliphatic rings. The van der Waals surface area contributed by atoms with Crippen LogP contribution in [0.4, 0.5) is 22.9 Å². The molecule has 1 aromatic heterocycles. The molecule has 0 saturated carbocycles. The molecule has 0 bridgehead atoms. The van der Waals surface area contributed by atoms with Crippen molar-refractivity contribution in [3.63, 3.8) is 0 Å². The molecule has 5 rings (SSSR count). The second-order valence-corrected chi connectivity index (χ2v) is 8.85. The van der Waals surface area contributed by atoms with Crippen LogP contribution in [0.5, 0.6) is 0 Å². The normalized spacial score (nSPS) is 15.8. The Balaban J connectivity index is 1.38. The highest BCUT2D eigenvalue weighted by molar-refractivity contribution is 6.08. The van der Waals surface area contributed by atoms with E-state index in [1.807, 2.05) is 24.3 Å². The summed E-state index contributed by atoms with van der Waals surface area (Å²) >= 11 is 0. The molecule has 3 heterocycles. The molecule has 0 fully saturated rings. The summed E-state index contributed by atoms with van der Waals surface area (Å²) < 4.78 is 0. The summed E-state index contributed by atoms with van der Waals surface area (Å²) in [6.45, 7) is 5.92. The van der Waals surface area contributed by atoms with Gasteiger partial charge in [-0.05, 0) is 59.4 Å². The fourth-order valence-electron chi connectivity index (χ4n) is 4.32. The Labute approximate surface area is 186 Å². The van der Waals surface area contributed by atoms with Crippen molar-refractivity contribution in [3.8, 4) is 0 Å². The maximum absolute atomic E-state index is 13.1. The Morgan fingerprint density at radius 3 is 2.78 bits per heavy atom. The lowest BCUT2D eigenvalue weighted by Gasteiger charge is -2.33. The molecule has 0 aliphatic carbocycles. The monoisotopic (exact) mass is 427 g/mol. The van der Waals surface area contributed by atoms with E-state index in [1.165, 1.54) is 5.56 Å². The Morgan fingerprint density at radius 2 is 1.91 bits per heavy atom. The number of carbonyl (C=O) groups excluding carboxylic acids is 2. The van der Waals surface area contributed by atoms with Crippen LogP contribution in [0.25, 0.3) is 0 Å². The van der Waals surface area contributed by atoms with Crippen LogP contribution in [0.15, 0.2) is 54.7 Å². The van der Waals surface area contributed by atoms with Crippen LogP contribution in [0.2, 0.25) is 0 Å². The van der Waals surface area contributed by atoms with Gasteiger partial charge in [-0.2, -0.15) is 0 Å². The molecule has 0 atom stereocenters. The van der Waals surface area contributed by atoms with Gasteiger partial charge in [-0.3, -0.25) is 9.59 Å². The molecule has 0 unspecified atom stereocenters. The van der Waals surface area contributed by atoms with E-state index >= 15 is 0 Å². The molecule has 0 saturated heterocycles. The van der Waals surface area contributed by atoms with Gasteiger partial charge in [0.2, 0.25) is 0 Å². The molecule has 3 aromatic rings. The summed E-state index contributed by atoms with van der Waals surface area (Å²) in [6.07, 6.45) is 2.70. The third-order valence-corrected chi connectivity index (χ3v) is 6.18. The van der Waals surface area contributed by atoms with Gasteiger partial charge in [-0.15, -0.1) is 0 Å². The van der Waals surface area contributed by atoms with Crippen LogP contribution in [-0.4, -0.2) is 23.3 Å². The predicted octanol–water partition coefficient (Wildman–Crippen LogP) is 4.41. The van der Waals surface area contributed by atoms with Gasteiger partial charge in [0, 0.05) is 41.9 Å². The van der Waals surface area contributed by atoms with Crippen LogP contribution < -0.4 is 21.3 Å². The van der Waals surface area contributed by atoms with Gasteiger partial charge in [-0.25, -0.2) is 4.98 Å². The zero-order valence-electron chi connectivity index (χ0n) is 18.1. The lowest BCUT2D eigenvalue weighted by Crippen LogP contribution is -2.28. The number of carbonyl (C=O) groups is 2. The fourth-order valence-corrected chi connectivity index (χ4v) is 4.32. The maximum Gasteiger partial charge on any atom is 0.259 e. The first kappa shape index (κ1) is 20.1. The SMILES string of the molecule is CC1(C)CCNc2cc(NC(=O)c3cccnc3Nc3ccc4c(c3)C(=O)NC4)ccc21. The van der Waals surface area contributed by atoms with Crippen molar-refractivity contribution >= 4 is 34.7 Å². The summed E-state index contributed by atoms with van der Waals surface area (Å²) in [5.74, 6) is 0.0851. The summed E-state index contributed by atoms with van der Waals surface area (Å²) in [7, 11) is 0. The third-order valence-electron chi connectivity index (χ3n) is 6.18. The topological polar surface area (TPSA) is 95.2 Å². The van der Waals surface area contributed by atoms with E-state index in [4.69, 9.17) is 0 Å². The molecule has 4 N–H and O–H groups in total. The molecule has 7 heteroatoms. The zero-order chi connectivity index (χ0) is 22.3. The molecule has 0 radical (unpaired) electrons. The molecular formula is C25H25N5O2. The minimum absolute atomic E-state index is 0.0909.